The monoisotopic (exact) mass is 454 g/mol. The molecule has 0 aliphatic heterocycles. The number of anilines is 2. The van der Waals surface area contributed by atoms with Gasteiger partial charge in [0.15, 0.2) is 5.96 Å². The Bertz CT molecular complexity index is 1110. The lowest BCUT2D eigenvalue weighted by Crippen LogP contribution is -2.33. The van der Waals surface area contributed by atoms with Gasteiger partial charge >= 0.3 is 5.97 Å². The van der Waals surface area contributed by atoms with Crippen LogP contribution >= 0.6 is 11.3 Å². The minimum atomic E-state index is -0.556. The molecule has 0 atom stereocenters. The Balaban J connectivity index is 1.80. The summed E-state index contributed by atoms with van der Waals surface area (Å²) < 4.78 is 19.3. The predicted molar refractivity (Wildman–Crippen MR) is 128 cm³/mol. The first-order valence-corrected chi connectivity index (χ1v) is 11.0. The number of aliphatic imine (C=N–C) groups is 1. The third-order valence-corrected chi connectivity index (χ3v) is 6.32. The zero-order valence-electron chi connectivity index (χ0n) is 18.6. The number of carbonyl (C=O) groups excluding carboxylic acids is 1. The second-order valence-electron chi connectivity index (χ2n) is 7.91. The molecule has 6 nitrogen and oxygen atoms in total. The van der Waals surface area contributed by atoms with E-state index in [1.54, 1.807) is 41.5 Å². The molecule has 0 spiro atoms. The number of nitrogens with zero attached hydrogens (tertiary/aromatic N) is 3. The maximum absolute atomic E-state index is 14.4. The van der Waals surface area contributed by atoms with Crippen LogP contribution in [0.15, 0.2) is 59.7 Å². The highest BCUT2D eigenvalue weighted by molar-refractivity contribution is 7.15. The largest absolute Gasteiger partial charge is 0.469 e. The summed E-state index contributed by atoms with van der Waals surface area (Å²) in [5, 5.41) is 0.955. The molecule has 32 heavy (non-hydrogen) atoms. The molecule has 2 aromatic carbocycles. The molecule has 3 rings (SSSR count). The molecular formula is C24H27FN4O2S. The Hall–Kier alpha value is -3.26. The molecule has 0 aliphatic rings. The highest BCUT2D eigenvalue weighted by Gasteiger charge is 2.28. The smallest absolute Gasteiger partial charge is 0.311 e. The minimum absolute atomic E-state index is 0.191. The number of esters is 1. The number of para-hydroxylation sites is 1. The number of methoxy groups -OCH3 is 1. The lowest BCUT2D eigenvalue weighted by molar-refractivity contribution is -0.151. The fourth-order valence-electron chi connectivity index (χ4n) is 3.26. The number of guanidine groups is 1. The van der Waals surface area contributed by atoms with E-state index in [1.165, 1.54) is 13.2 Å². The second kappa shape index (κ2) is 9.91. The third kappa shape index (κ3) is 5.13. The fraction of sp³-hybridized carbons (Fsp3) is 0.292. The van der Waals surface area contributed by atoms with Crippen LogP contribution in [0.3, 0.4) is 0 Å². The Labute approximate surface area is 191 Å². The molecule has 2 N–H and O–H groups in total. The van der Waals surface area contributed by atoms with Crippen LogP contribution in [0.4, 0.5) is 15.8 Å². The van der Waals surface area contributed by atoms with Gasteiger partial charge in [0.05, 0.1) is 28.1 Å². The Morgan fingerprint density at radius 2 is 1.91 bits per heavy atom. The molecule has 0 fully saturated rings. The van der Waals surface area contributed by atoms with Crippen molar-refractivity contribution in [3.63, 3.8) is 0 Å². The predicted octanol–water partition coefficient (Wildman–Crippen LogP) is 5.16. The summed E-state index contributed by atoms with van der Waals surface area (Å²) in [6.07, 6.45) is 3.17. The molecular weight excluding hydrogens is 427 g/mol. The number of hydrogen-bond acceptors (Lipinski definition) is 5. The Morgan fingerprint density at radius 1 is 1.22 bits per heavy atom. The lowest BCUT2D eigenvalue weighted by Gasteiger charge is -2.24. The van der Waals surface area contributed by atoms with Crippen molar-refractivity contribution >= 4 is 34.6 Å². The number of nitrogens with two attached hydrogens (primary N) is 1. The van der Waals surface area contributed by atoms with E-state index in [0.717, 1.165) is 15.4 Å². The first-order valence-electron chi connectivity index (χ1n) is 10.2. The molecule has 168 valence electrons. The molecule has 0 aliphatic carbocycles. The molecule has 1 heterocycles. The van der Waals surface area contributed by atoms with Gasteiger partial charge in [-0.15, -0.1) is 11.3 Å². The normalized spacial score (nSPS) is 12.0. The van der Waals surface area contributed by atoms with E-state index in [4.69, 9.17) is 10.5 Å². The van der Waals surface area contributed by atoms with Crippen LogP contribution in [0.5, 0.6) is 0 Å². The molecule has 8 heteroatoms. The van der Waals surface area contributed by atoms with Crippen molar-refractivity contribution < 1.29 is 13.9 Å². The van der Waals surface area contributed by atoms with E-state index in [1.807, 2.05) is 44.3 Å². The van der Waals surface area contributed by atoms with Crippen molar-refractivity contribution in [2.24, 2.45) is 16.1 Å². The topological polar surface area (TPSA) is 80.8 Å². The zero-order chi connectivity index (χ0) is 23.3. The van der Waals surface area contributed by atoms with Gasteiger partial charge in [0.25, 0.3) is 0 Å². The van der Waals surface area contributed by atoms with Crippen LogP contribution in [0.2, 0.25) is 0 Å². The van der Waals surface area contributed by atoms with Gasteiger partial charge < -0.3 is 10.5 Å². The van der Waals surface area contributed by atoms with Gasteiger partial charge in [0, 0.05) is 25.4 Å². The van der Waals surface area contributed by atoms with Crippen molar-refractivity contribution in [3.8, 4) is 10.4 Å². The molecule has 0 radical (unpaired) electrons. The Morgan fingerprint density at radius 3 is 2.53 bits per heavy atom. The maximum atomic E-state index is 14.4. The highest BCUT2D eigenvalue weighted by atomic mass is 32.1. The maximum Gasteiger partial charge on any atom is 0.311 e. The average Bonchev–Trinajstić information content (AvgIpc) is 3.28. The van der Waals surface area contributed by atoms with Crippen LogP contribution < -0.4 is 10.6 Å². The van der Waals surface area contributed by atoms with E-state index < -0.39 is 5.41 Å². The number of benzene rings is 2. The average molecular weight is 455 g/mol. The summed E-state index contributed by atoms with van der Waals surface area (Å²) in [5.41, 5.74) is 7.54. The van der Waals surface area contributed by atoms with Crippen LogP contribution in [-0.2, 0) is 16.0 Å². The third-order valence-electron chi connectivity index (χ3n) is 5.22. The number of rotatable bonds is 7. The summed E-state index contributed by atoms with van der Waals surface area (Å²) in [5.74, 6) is -0.416. The molecule has 0 amide bonds. The van der Waals surface area contributed by atoms with E-state index in [-0.39, 0.29) is 17.7 Å². The summed E-state index contributed by atoms with van der Waals surface area (Å²) in [6.45, 7) is 3.75. The van der Waals surface area contributed by atoms with Gasteiger partial charge in [-0.05, 0) is 50.1 Å². The van der Waals surface area contributed by atoms with Crippen molar-refractivity contribution in [2.75, 3.05) is 19.1 Å². The van der Waals surface area contributed by atoms with Gasteiger partial charge in [0.2, 0.25) is 0 Å². The fourth-order valence-corrected chi connectivity index (χ4v) is 4.18. The standard InChI is InChI=1S/C24H27FN4O2S/c1-24(2,22(30)31-4)14-13-21-28-15-20(32-21)16-9-11-17(12-10-16)29(23(26)27-3)19-8-6-5-7-18(19)25/h5-12,15H,13-14H2,1-4H3,(H2,26,27). The molecule has 0 bridgehead atoms. The summed E-state index contributed by atoms with van der Waals surface area (Å²) in [7, 11) is 2.97. The summed E-state index contributed by atoms with van der Waals surface area (Å²) >= 11 is 1.58. The van der Waals surface area contributed by atoms with Gasteiger partial charge in [0.1, 0.15) is 5.82 Å². The van der Waals surface area contributed by atoms with E-state index in [9.17, 15) is 9.18 Å². The number of hydrogen-bond donors (Lipinski definition) is 1. The van der Waals surface area contributed by atoms with Crippen molar-refractivity contribution in [2.45, 2.75) is 26.7 Å². The molecule has 0 unspecified atom stereocenters. The number of aryl methyl sites for hydroxylation is 1. The van der Waals surface area contributed by atoms with Crippen LogP contribution in [0.25, 0.3) is 10.4 Å². The molecule has 3 aromatic rings. The van der Waals surface area contributed by atoms with Crippen LogP contribution in [0, 0.1) is 11.2 Å². The van der Waals surface area contributed by atoms with E-state index in [0.29, 0.717) is 24.2 Å². The first-order chi connectivity index (χ1) is 15.3. The van der Waals surface area contributed by atoms with Crippen LogP contribution in [-0.4, -0.2) is 31.1 Å². The highest BCUT2D eigenvalue weighted by Crippen LogP contribution is 2.33. The summed E-state index contributed by atoms with van der Waals surface area (Å²) in [4.78, 5) is 23.0. The first kappa shape index (κ1) is 23.4. The van der Waals surface area contributed by atoms with Gasteiger partial charge in [-0.3, -0.25) is 14.7 Å². The number of halogens is 1. The zero-order valence-corrected chi connectivity index (χ0v) is 19.4. The quantitative estimate of drug-likeness (QED) is 0.303. The van der Waals surface area contributed by atoms with Crippen molar-refractivity contribution in [1.82, 2.24) is 4.98 Å². The van der Waals surface area contributed by atoms with Crippen molar-refractivity contribution in [3.05, 3.63) is 65.6 Å². The van der Waals surface area contributed by atoms with Gasteiger partial charge in [-0.1, -0.05) is 24.3 Å². The molecule has 0 saturated heterocycles. The second-order valence-corrected chi connectivity index (χ2v) is 9.02. The number of carbonyl (C=O) groups is 1. The van der Waals surface area contributed by atoms with Crippen LogP contribution in [0.1, 0.15) is 25.3 Å². The lowest BCUT2D eigenvalue weighted by atomic mass is 9.88. The Kier molecular flexibility index (Phi) is 7.25. The minimum Gasteiger partial charge on any atom is -0.469 e. The molecule has 0 saturated carbocycles. The van der Waals surface area contributed by atoms with Crippen molar-refractivity contribution in [1.29, 1.82) is 0 Å². The number of aromatic nitrogens is 1. The van der Waals surface area contributed by atoms with E-state index in [2.05, 4.69) is 9.98 Å². The number of ether oxygens (including phenoxy) is 1. The van der Waals surface area contributed by atoms with Gasteiger partial charge in [-0.25, -0.2) is 9.37 Å². The SMILES string of the molecule is CN=C(N)N(c1ccc(-c2cnc(CCC(C)(C)C(=O)OC)s2)cc1)c1ccccc1F. The summed E-state index contributed by atoms with van der Waals surface area (Å²) in [6, 6.07) is 14.1. The van der Waals surface area contributed by atoms with Gasteiger partial charge in [-0.2, -0.15) is 0 Å². The van der Waals surface area contributed by atoms with E-state index >= 15 is 0 Å². The molecule has 1 aromatic heterocycles. The number of thiazole rings is 1.